The van der Waals surface area contributed by atoms with Gasteiger partial charge in [0.05, 0.1) is 5.60 Å². The van der Waals surface area contributed by atoms with E-state index in [1.807, 2.05) is 31.1 Å². The lowest BCUT2D eigenvalue weighted by molar-refractivity contribution is -0.117. The van der Waals surface area contributed by atoms with Crippen LogP contribution in [0.15, 0.2) is 30.3 Å². The van der Waals surface area contributed by atoms with E-state index in [-0.39, 0.29) is 12.5 Å². The van der Waals surface area contributed by atoms with E-state index in [4.69, 9.17) is 11.6 Å². The van der Waals surface area contributed by atoms with Crippen molar-refractivity contribution in [2.75, 3.05) is 27.2 Å². The molecule has 1 atom stereocenters. The lowest BCUT2D eigenvalue weighted by Gasteiger charge is -2.26. The van der Waals surface area contributed by atoms with Gasteiger partial charge in [0.15, 0.2) is 0 Å². The van der Waals surface area contributed by atoms with E-state index in [1.54, 1.807) is 25.1 Å². The molecule has 0 spiro atoms. The highest BCUT2D eigenvalue weighted by atomic mass is 35.5. The number of benzene rings is 1. The van der Waals surface area contributed by atoms with Crippen LogP contribution < -0.4 is 5.32 Å². The van der Waals surface area contributed by atoms with Gasteiger partial charge in [-0.25, -0.2) is 0 Å². The summed E-state index contributed by atoms with van der Waals surface area (Å²) < 4.78 is 0. The van der Waals surface area contributed by atoms with Crippen LogP contribution in [0.4, 0.5) is 0 Å². The van der Waals surface area contributed by atoms with Crippen molar-refractivity contribution in [3.05, 3.63) is 40.9 Å². The molecule has 2 N–H and O–H groups in total. The summed E-state index contributed by atoms with van der Waals surface area (Å²) in [6, 6.07) is 7.23. The zero-order chi connectivity index (χ0) is 15.2. The van der Waals surface area contributed by atoms with Gasteiger partial charge in [-0.2, -0.15) is 0 Å². The number of likely N-dealkylation sites (N-methyl/N-ethyl adjacent to an activating group) is 1. The van der Waals surface area contributed by atoms with Crippen LogP contribution in [0.25, 0.3) is 6.08 Å². The van der Waals surface area contributed by atoms with Crippen LogP contribution in [-0.2, 0) is 4.79 Å². The molecule has 0 radical (unpaired) electrons. The first-order valence-electron chi connectivity index (χ1n) is 6.37. The molecule has 1 amide bonds. The lowest BCUT2D eigenvalue weighted by atomic mass is 10.1. The molecular weight excluding hydrogens is 276 g/mol. The molecule has 0 fully saturated rings. The van der Waals surface area contributed by atoms with Crippen LogP contribution in [0.1, 0.15) is 12.5 Å². The number of hydrogen-bond acceptors (Lipinski definition) is 3. The Hall–Kier alpha value is -1.36. The van der Waals surface area contributed by atoms with Crippen LogP contribution in [0.3, 0.4) is 0 Å². The van der Waals surface area contributed by atoms with E-state index in [0.29, 0.717) is 11.6 Å². The van der Waals surface area contributed by atoms with Crippen LogP contribution in [0, 0.1) is 0 Å². The minimum atomic E-state index is -0.955. The van der Waals surface area contributed by atoms with Gasteiger partial charge in [0.2, 0.25) is 5.91 Å². The third-order valence-corrected chi connectivity index (χ3v) is 2.81. The fourth-order valence-electron chi connectivity index (χ4n) is 1.86. The Labute approximate surface area is 125 Å². The standard InChI is InChI=1S/C15H21ClN2O2/c1-15(20,11-18(2)3)10-17-14(19)8-7-12-5-4-6-13(16)9-12/h4-9,20H,10-11H2,1-3H3,(H,17,19)/b8-7+. The summed E-state index contributed by atoms with van der Waals surface area (Å²) in [5, 5.41) is 13.4. The van der Waals surface area contributed by atoms with Crippen LogP contribution >= 0.6 is 11.6 Å². The average molecular weight is 297 g/mol. The highest BCUT2D eigenvalue weighted by molar-refractivity contribution is 6.30. The molecule has 1 aromatic carbocycles. The molecule has 0 aromatic heterocycles. The van der Waals surface area contributed by atoms with E-state index < -0.39 is 5.60 Å². The zero-order valence-corrected chi connectivity index (χ0v) is 12.8. The maximum absolute atomic E-state index is 11.7. The molecule has 0 bridgehead atoms. The Balaban J connectivity index is 2.48. The first kappa shape index (κ1) is 16.7. The van der Waals surface area contributed by atoms with Crippen molar-refractivity contribution in [1.29, 1.82) is 0 Å². The van der Waals surface area contributed by atoms with E-state index in [1.165, 1.54) is 6.08 Å². The zero-order valence-electron chi connectivity index (χ0n) is 12.1. The molecule has 4 nitrogen and oxygen atoms in total. The van der Waals surface area contributed by atoms with Gasteiger partial charge in [-0.3, -0.25) is 4.79 Å². The topological polar surface area (TPSA) is 52.6 Å². The maximum Gasteiger partial charge on any atom is 0.244 e. The Bertz CT molecular complexity index is 485. The summed E-state index contributed by atoms with van der Waals surface area (Å²) in [5.41, 5.74) is -0.101. The summed E-state index contributed by atoms with van der Waals surface area (Å²) >= 11 is 5.86. The maximum atomic E-state index is 11.7. The average Bonchev–Trinajstić information content (AvgIpc) is 2.32. The second-order valence-electron chi connectivity index (χ2n) is 5.34. The number of aliphatic hydroxyl groups is 1. The van der Waals surface area contributed by atoms with Crippen LogP contribution in [0.5, 0.6) is 0 Å². The van der Waals surface area contributed by atoms with Crippen molar-refractivity contribution in [3.8, 4) is 0 Å². The minimum absolute atomic E-state index is 0.198. The van der Waals surface area contributed by atoms with Crippen LogP contribution in [0.2, 0.25) is 5.02 Å². The molecule has 1 aromatic rings. The number of hydrogen-bond donors (Lipinski definition) is 2. The van der Waals surface area contributed by atoms with Gasteiger partial charge in [-0.1, -0.05) is 23.7 Å². The summed E-state index contributed by atoms with van der Waals surface area (Å²) in [5.74, 6) is -0.246. The van der Waals surface area contributed by atoms with Crippen molar-refractivity contribution in [2.24, 2.45) is 0 Å². The summed E-state index contributed by atoms with van der Waals surface area (Å²) in [6.07, 6.45) is 3.11. The van der Waals surface area contributed by atoms with E-state index in [9.17, 15) is 9.90 Å². The highest BCUT2D eigenvalue weighted by Gasteiger charge is 2.21. The largest absolute Gasteiger partial charge is 0.387 e. The second-order valence-corrected chi connectivity index (χ2v) is 5.78. The smallest absolute Gasteiger partial charge is 0.244 e. The molecule has 0 aliphatic carbocycles. The van der Waals surface area contributed by atoms with Crippen molar-refractivity contribution >= 4 is 23.6 Å². The van der Waals surface area contributed by atoms with Crippen molar-refractivity contribution in [3.63, 3.8) is 0 Å². The molecule has 5 heteroatoms. The summed E-state index contributed by atoms with van der Waals surface area (Å²) in [6.45, 7) is 2.36. The first-order valence-corrected chi connectivity index (χ1v) is 6.75. The number of amides is 1. The van der Waals surface area contributed by atoms with E-state index in [0.717, 1.165) is 5.56 Å². The monoisotopic (exact) mass is 296 g/mol. The van der Waals surface area contributed by atoms with Crippen molar-refractivity contribution in [1.82, 2.24) is 10.2 Å². The van der Waals surface area contributed by atoms with E-state index >= 15 is 0 Å². The molecule has 0 aliphatic heterocycles. The normalized spacial score (nSPS) is 14.5. The summed E-state index contributed by atoms with van der Waals surface area (Å²) in [4.78, 5) is 13.5. The molecule has 1 unspecified atom stereocenters. The Morgan fingerprint density at radius 3 is 2.80 bits per heavy atom. The Morgan fingerprint density at radius 2 is 2.20 bits per heavy atom. The van der Waals surface area contributed by atoms with E-state index in [2.05, 4.69) is 5.32 Å². The van der Waals surface area contributed by atoms with Gasteiger partial charge in [-0.05, 0) is 44.8 Å². The van der Waals surface area contributed by atoms with Crippen molar-refractivity contribution in [2.45, 2.75) is 12.5 Å². The summed E-state index contributed by atoms with van der Waals surface area (Å²) in [7, 11) is 3.74. The fourth-order valence-corrected chi connectivity index (χ4v) is 2.05. The van der Waals surface area contributed by atoms with Gasteiger partial charge in [-0.15, -0.1) is 0 Å². The number of carbonyl (C=O) groups excluding carboxylic acids is 1. The molecule has 20 heavy (non-hydrogen) atoms. The molecule has 0 heterocycles. The minimum Gasteiger partial charge on any atom is -0.387 e. The number of nitrogens with one attached hydrogen (secondary N) is 1. The number of halogens is 1. The molecule has 1 rings (SSSR count). The quantitative estimate of drug-likeness (QED) is 0.787. The van der Waals surface area contributed by atoms with Crippen LogP contribution in [-0.4, -0.2) is 48.7 Å². The molecule has 0 aliphatic rings. The second kappa shape index (κ2) is 7.43. The third kappa shape index (κ3) is 6.70. The highest BCUT2D eigenvalue weighted by Crippen LogP contribution is 2.11. The lowest BCUT2D eigenvalue weighted by Crippen LogP contribution is -2.46. The predicted molar refractivity (Wildman–Crippen MR) is 82.7 cm³/mol. The number of rotatable bonds is 6. The Morgan fingerprint density at radius 1 is 1.50 bits per heavy atom. The van der Waals surface area contributed by atoms with Gasteiger partial charge < -0.3 is 15.3 Å². The van der Waals surface area contributed by atoms with Crippen molar-refractivity contribution < 1.29 is 9.90 Å². The fraction of sp³-hybridized carbons (Fsp3) is 0.400. The van der Waals surface area contributed by atoms with Gasteiger partial charge in [0.1, 0.15) is 0 Å². The number of nitrogens with zero attached hydrogens (tertiary/aromatic N) is 1. The molecule has 0 saturated heterocycles. The van der Waals surface area contributed by atoms with Gasteiger partial charge >= 0.3 is 0 Å². The molecule has 0 saturated carbocycles. The Kier molecular flexibility index (Phi) is 6.20. The molecular formula is C15H21ClN2O2. The SMILES string of the molecule is CN(C)CC(C)(O)CNC(=O)/C=C/c1cccc(Cl)c1. The van der Waals surface area contributed by atoms with Gasteiger partial charge in [0.25, 0.3) is 0 Å². The predicted octanol–water partition coefficient (Wildman–Crippen LogP) is 1.78. The first-order chi connectivity index (χ1) is 9.28. The third-order valence-electron chi connectivity index (χ3n) is 2.58. The van der Waals surface area contributed by atoms with Gasteiger partial charge in [0, 0.05) is 24.2 Å². The molecule has 110 valence electrons. The number of carbonyl (C=O) groups is 1.